The third kappa shape index (κ3) is 4.74. The summed E-state index contributed by atoms with van der Waals surface area (Å²) < 4.78 is 1.43. The number of carbonyl (C=O) groups is 1. The van der Waals surface area contributed by atoms with Crippen molar-refractivity contribution < 1.29 is 4.79 Å². The summed E-state index contributed by atoms with van der Waals surface area (Å²) in [6.45, 7) is 4.64. The Morgan fingerprint density at radius 3 is 2.00 bits per heavy atom. The second-order valence-electron chi connectivity index (χ2n) is 7.75. The van der Waals surface area contributed by atoms with Crippen molar-refractivity contribution in [1.82, 2.24) is 14.7 Å². The zero-order valence-electron chi connectivity index (χ0n) is 17.3. The summed E-state index contributed by atoms with van der Waals surface area (Å²) >= 11 is 12.2. The van der Waals surface area contributed by atoms with Crippen molar-refractivity contribution in [2.24, 2.45) is 0 Å². The van der Waals surface area contributed by atoms with Crippen molar-refractivity contribution >= 4 is 29.0 Å². The Morgan fingerprint density at radius 2 is 1.45 bits per heavy atom. The van der Waals surface area contributed by atoms with E-state index >= 15 is 0 Å². The molecule has 7 heteroatoms. The van der Waals surface area contributed by atoms with Gasteiger partial charge in [-0.15, -0.1) is 0 Å². The molecule has 1 aliphatic heterocycles. The van der Waals surface area contributed by atoms with E-state index in [4.69, 9.17) is 28.3 Å². The maximum Gasteiger partial charge on any atom is 0.278 e. The van der Waals surface area contributed by atoms with E-state index < -0.39 is 0 Å². The second-order valence-corrected chi connectivity index (χ2v) is 8.62. The normalized spacial score (nSPS) is 14.2. The Balaban J connectivity index is 1.91. The lowest BCUT2D eigenvalue weighted by atomic mass is 9.94. The Bertz CT molecular complexity index is 1150. The molecule has 4 rings (SSSR count). The molecule has 1 fully saturated rings. The molecule has 31 heavy (non-hydrogen) atoms. The number of likely N-dealkylation sites (tertiary alicyclic amines) is 1. The van der Waals surface area contributed by atoms with Crippen molar-refractivity contribution in [1.29, 1.82) is 0 Å². The lowest BCUT2D eigenvalue weighted by Gasteiger charge is -2.19. The number of rotatable bonds is 6. The topological polar surface area (TPSA) is 55.2 Å². The lowest BCUT2D eigenvalue weighted by Crippen LogP contribution is -2.34. The van der Waals surface area contributed by atoms with Crippen LogP contribution in [0, 0.1) is 0 Å². The molecule has 0 aliphatic carbocycles. The maximum absolute atomic E-state index is 13.3. The van der Waals surface area contributed by atoms with Crippen LogP contribution in [-0.2, 0) is 6.54 Å². The van der Waals surface area contributed by atoms with Crippen molar-refractivity contribution in [3.63, 3.8) is 0 Å². The van der Waals surface area contributed by atoms with Crippen LogP contribution >= 0.6 is 23.2 Å². The Hall–Kier alpha value is -2.47. The summed E-state index contributed by atoms with van der Waals surface area (Å²) in [5.41, 5.74) is 2.37. The van der Waals surface area contributed by atoms with Gasteiger partial charge in [-0.25, -0.2) is 4.68 Å². The number of carbonyl (C=O) groups excluding carboxylic acids is 1. The van der Waals surface area contributed by atoms with Crippen LogP contribution in [0.4, 0.5) is 0 Å². The third-order valence-corrected chi connectivity index (χ3v) is 6.09. The average Bonchev–Trinajstić information content (AvgIpc) is 3.27. The van der Waals surface area contributed by atoms with Crippen molar-refractivity contribution in [2.45, 2.75) is 26.3 Å². The molecule has 0 spiro atoms. The Labute approximate surface area is 191 Å². The number of aromatic nitrogens is 2. The van der Waals surface area contributed by atoms with E-state index in [-0.39, 0.29) is 16.9 Å². The number of hydrogen-bond donors (Lipinski definition) is 0. The van der Waals surface area contributed by atoms with Gasteiger partial charge in [-0.2, -0.15) is 5.10 Å². The minimum atomic E-state index is -0.366. The molecule has 0 bridgehead atoms. The van der Waals surface area contributed by atoms with E-state index in [9.17, 15) is 9.59 Å². The van der Waals surface area contributed by atoms with E-state index in [1.807, 2.05) is 12.1 Å². The highest BCUT2D eigenvalue weighted by molar-refractivity contribution is 6.31. The van der Waals surface area contributed by atoms with Crippen LogP contribution in [0.25, 0.3) is 22.4 Å². The number of halogens is 2. The fourth-order valence-corrected chi connectivity index (χ4v) is 4.25. The SMILES string of the molecule is CC(=O)c1c(-c2ccc(Cl)cc2)c(-c2ccc(Cl)cc2)nn(CCN2CCCC2)c1=O. The summed E-state index contributed by atoms with van der Waals surface area (Å²) in [7, 11) is 0. The average molecular weight is 456 g/mol. The molecule has 5 nitrogen and oxygen atoms in total. The first kappa shape index (κ1) is 21.8. The summed E-state index contributed by atoms with van der Waals surface area (Å²) in [4.78, 5) is 28.3. The van der Waals surface area contributed by atoms with Gasteiger partial charge in [-0.3, -0.25) is 9.59 Å². The first-order chi connectivity index (χ1) is 14.9. The van der Waals surface area contributed by atoms with Crippen LogP contribution in [-0.4, -0.2) is 40.1 Å². The molecule has 0 amide bonds. The fourth-order valence-electron chi connectivity index (χ4n) is 4.00. The number of Topliss-reactive ketones (excluding diaryl/α,β-unsaturated/α-hetero) is 1. The predicted octanol–water partition coefficient (Wildman–Crippen LogP) is 5.18. The van der Waals surface area contributed by atoms with Crippen LogP contribution in [0.3, 0.4) is 0 Å². The highest BCUT2D eigenvalue weighted by Gasteiger charge is 2.23. The molecule has 1 aliphatic rings. The molecular weight excluding hydrogens is 433 g/mol. The van der Waals surface area contributed by atoms with E-state index in [1.54, 1.807) is 36.4 Å². The zero-order valence-corrected chi connectivity index (χ0v) is 18.8. The smallest absolute Gasteiger partial charge is 0.278 e. The fraction of sp³-hybridized carbons (Fsp3) is 0.292. The van der Waals surface area contributed by atoms with Gasteiger partial charge in [-0.05, 0) is 62.7 Å². The number of nitrogens with zero attached hydrogens (tertiary/aromatic N) is 3. The standard InChI is InChI=1S/C24H23Cl2N3O2/c1-16(30)21-22(17-4-8-19(25)9-5-17)23(18-6-10-20(26)11-7-18)27-29(24(21)31)15-14-28-12-2-3-13-28/h4-11H,2-3,12-15H2,1H3. The first-order valence-electron chi connectivity index (χ1n) is 10.3. The molecular formula is C24H23Cl2N3O2. The monoisotopic (exact) mass is 455 g/mol. The Kier molecular flexibility index (Phi) is 6.56. The van der Waals surface area contributed by atoms with Crippen LogP contribution in [0.5, 0.6) is 0 Å². The number of hydrogen-bond acceptors (Lipinski definition) is 4. The lowest BCUT2D eigenvalue weighted by molar-refractivity contribution is 0.101. The van der Waals surface area contributed by atoms with Gasteiger partial charge in [-0.1, -0.05) is 47.5 Å². The van der Waals surface area contributed by atoms with E-state index in [0.717, 1.165) is 30.8 Å². The molecule has 1 aromatic heterocycles. The molecule has 3 aromatic rings. The van der Waals surface area contributed by atoms with Gasteiger partial charge in [0.1, 0.15) is 0 Å². The quantitative estimate of drug-likeness (QED) is 0.480. The van der Waals surface area contributed by atoms with Crippen molar-refractivity contribution in [3.05, 3.63) is 74.5 Å². The molecule has 0 radical (unpaired) electrons. The van der Waals surface area contributed by atoms with Gasteiger partial charge in [0, 0.05) is 27.7 Å². The van der Waals surface area contributed by atoms with E-state index in [0.29, 0.717) is 27.8 Å². The summed E-state index contributed by atoms with van der Waals surface area (Å²) in [6.07, 6.45) is 2.35. The zero-order chi connectivity index (χ0) is 22.0. The minimum Gasteiger partial charge on any atom is -0.301 e. The highest BCUT2D eigenvalue weighted by Crippen LogP contribution is 2.33. The molecule has 0 atom stereocenters. The van der Waals surface area contributed by atoms with Crippen LogP contribution in [0.15, 0.2) is 53.3 Å². The van der Waals surface area contributed by atoms with Gasteiger partial charge in [0.15, 0.2) is 5.78 Å². The van der Waals surface area contributed by atoms with Crippen molar-refractivity contribution in [2.75, 3.05) is 19.6 Å². The van der Waals surface area contributed by atoms with Crippen LogP contribution in [0.2, 0.25) is 10.0 Å². The second kappa shape index (κ2) is 9.35. The molecule has 2 aromatic carbocycles. The molecule has 0 saturated carbocycles. The van der Waals surface area contributed by atoms with Crippen LogP contribution in [0.1, 0.15) is 30.1 Å². The summed E-state index contributed by atoms with van der Waals surface area (Å²) in [5.74, 6) is -0.289. The van der Waals surface area contributed by atoms with Gasteiger partial charge < -0.3 is 4.90 Å². The highest BCUT2D eigenvalue weighted by atomic mass is 35.5. The van der Waals surface area contributed by atoms with Gasteiger partial charge in [0.05, 0.1) is 17.8 Å². The molecule has 0 N–H and O–H groups in total. The molecule has 2 heterocycles. The molecule has 1 saturated heterocycles. The number of benzene rings is 2. The summed E-state index contributed by atoms with van der Waals surface area (Å²) in [5, 5.41) is 5.90. The molecule has 0 unspecified atom stereocenters. The van der Waals surface area contributed by atoms with E-state index in [2.05, 4.69) is 4.90 Å². The van der Waals surface area contributed by atoms with Gasteiger partial charge in [0.25, 0.3) is 5.56 Å². The Morgan fingerprint density at radius 1 is 0.903 bits per heavy atom. The first-order valence-corrected chi connectivity index (χ1v) is 11.1. The minimum absolute atomic E-state index is 0.142. The summed E-state index contributed by atoms with van der Waals surface area (Å²) in [6, 6.07) is 14.3. The van der Waals surface area contributed by atoms with Crippen LogP contribution < -0.4 is 5.56 Å². The van der Waals surface area contributed by atoms with Crippen molar-refractivity contribution in [3.8, 4) is 22.4 Å². The van der Waals surface area contributed by atoms with Gasteiger partial charge >= 0.3 is 0 Å². The third-order valence-electron chi connectivity index (χ3n) is 5.59. The van der Waals surface area contributed by atoms with E-state index in [1.165, 1.54) is 24.4 Å². The molecule has 160 valence electrons. The largest absolute Gasteiger partial charge is 0.301 e. The predicted molar refractivity (Wildman–Crippen MR) is 125 cm³/mol. The number of ketones is 1. The maximum atomic E-state index is 13.3. The van der Waals surface area contributed by atoms with Gasteiger partial charge in [0.2, 0.25) is 0 Å².